The van der Waals surface area contributed by atoms with Crippen molar-refractivity contribution in [2.75, 3.05) is 18.5 Å². The summed E-state index contributed by atoms with van der Waals surface area (Å²) in [5, 5.41) is 20.2. The lowest BCUT2D eigenvalue weighted by Crippen LogP contribution is -2.37. The summed E-state index contributed by atoms with van der Waals surface area (Å²) < 4.78 is 0.610. The first-order chi connectivity index (χ1) is 8.49. The monoisotopic (exact) mass is 315 g/mol. The minimum absolute atomic E-state index is 0.00764. The summed E-state index contributed by atoms with van der Waals surface area (Å²) in [6.07, 6.45) is 4.13. The van der Waals surface area contributed by atoms with Crippen LogP contribution in [0.25, 0.3) is 0 Å². The van der Waals surface area contributed by atoms with Crippen molar-refractivity contribution < 1.29 is 10.0 Å². The standard InChI is InChI=1S/C11H14BrN3O3/c1-14(6-7-2-8(16)3-7)11-9(12)4-13-5-10(11)15(17)18/h4-5,7-8,16H,2-3,6H2,1H3. The Hall–Kier alpha value is -1.21. The van der Waals surface area contributed by atoms with Gasteiger partial charge in [0.2, 0.25) is 0 Å². The Kier molecular flexibility index (Phi) is 3.82. The van der Waals surface area contributed by atoms with Gasteiger partial charge in [0.25, 0.3) is 0 Å². The van der Waals surface area contributed by atoms with Gasteiger partial charge in [-0.05, 0) is 34.7 Å². The van der Waals surface area contributed by atoms with Gasteiger partial charge in [0.05, 0.1) is 15.5 Å². The van der Waals surface area contributed by atoms with Crippen molar-refractivity contribution in [1.29, 1.82) is 0 Å². The molecule has 0 radical (unpaired) electrons. The van der Waals surface area contributed by atoms with E-state index in [0.29, 0.717) is 22.6 Å². The smallest absolute Gasteiger partial charge is 0.311 e. The van der Waals surface area contributed by atoms with Crippen LogP contribution in [0, 0.1) is 16.0 Å². The minimum Gasteiger partial charge on any atom is -0.393 e. The number of pyridine rings is 1. The molecule has 6 nitrogen and oxygen atoms in total. The van der Waals surface area contributed by atoms with Gasteiger partial charge in [0.15, 0.2) is 0 Å². The topological polar surface area (TPSA) is 79.5 Å². The quantitative estimate of drug-likeness (QED) is 0.678. The van der Waals surface area contributed by atoms with Gasteiger partial charge in [0.1, 0.15) is 11.9 Å². The van der Waals surface area contributed by atoms with Crippen LogP contribution in [0.15, 0.2) is 16.9 Å². The zero-order valence-electron chi connectivity index (χ0n) is 9.91. The van der Waals surface area contributed by atoms with E-state index in [9.17, 15) is 15.2 Å². The molecule has 1 heterocycles. The van der Waals surface area contributed by atoms with Gasteiger partial charge in [-0.15, -0.1) is 0 Å². The molecule has 1 aliphatic carbocycles. The average Bonchev–Trinajstić information content (AvgIpc) is 2.26. The van der Waals surface area contributed by atoms with Gasteiger partial charge in [-0.25, -0.2) is 0 Å². The van der Waals surface area contributed by atoms with Crippen LogP contribution in [0.5, 0.6) is 0 Å². The fourth-order valence-corrected chi connectivity index (χ4v) is 2.88. The SMILES string of the molecule is CN(CC1CC(O)C1)c1c(Br)cncc1[N+](=O)[O-]. The summed E-state index contributed by atoms with van der Waals surface area (Å²) >= 11 is 3.30. The molecule has 2 rings (SSSR count). The van der Waals surface area contributed by atoms with Crippen LogP contribution >= 0.6 is 15.9 Å². The molecule has 0 atom stereocenters. The highest BCUT2D eigenvalue weighted by molar-refractivity contribution is 9.10. The van der Waals surface area contributed by atoms with Gasteiger partial charge in [-0.2, -0.15) is 0 Å². The van der Waals surface area contributed by atoms with Crippen molar-refractivity contribution >= 4 is 27.3 Å². The molecule has 0 saturated heterocycles. The number of halogens is 1. The fraction of sp³-hybridized carbons (Fsp3) is 0.545. The van der Waals surface area contributed by atoms with Crippen molar-refractivity contribution in [3.63, 3.8) is 0 Å². The highest BCUT2D eigenvalue weighted by Crippen LogP contribution is 2.36. The maximum Gasteiger partial charge on any atom is 0.311 e. The number of nitro groups is 1. The van der Waals surface area contributed by atoms with Crippen LogP contribution in [0.1, 0.15) is 12.8 Å². The largest absolute Gasteiger partial charge is 0.393 e. The van der Waals surface area contributed by atoms with E-state index in [1.165, 1.54) is 6.20 Å². The molecule has 1 aromatic rings. The van der Waals surface area contributed by atoms with E-state index < -0.39 is 4.92 Å². The predicted octanol–water partition coefficient (Wildman–Crippen LogP) is 1.96. The highest BCUT2D eigenvalue weighted by atomic mass is 79.9. The van der Waals surface area contributed by atoms with Crippen molar-refractivity contribution in [2.24, 2.45) is 5.92 Å². The molecule has 0 unspecified atom stereocenters. The number of aromatic nitrogens is 1. The van der Waals surface area contributed by atoms with E-state index in [1.54, 1.807) is 6.20 Å². The summed E-state index contributed by atoms with van der Waals surface area (Å²) in [4.78, 5) is 16.2. The Morgan fingerprint density at radius 1 is 1.61 bits per heavy atom. The molecule has 0 bridgehead atoms. The van der Waals surface area contributed by atoms with Crippen LogP contribution in [0.2, 0.25) is 0 Å². The second kappa shape index (κ2) is 5.19. The zero-order valence-corrected chi connectivity index (χ0v) is 11.5. The Morgan fingerprint density at radius 3 is 2.83 bits per heavy atom. The maximum absolute atomic E-state index is 11.0. The van der Waals surface area contributed by atoms with Crippen molar-refractivity contribution in [2.45, 2.75) is 18.9 Å². The van der Waals surface area contributed by atoms with Crippen LogP contribution in [0.3, 0.4) is 0 Å². The molecule has 0 aliphatic heterocycles. The lowest BCUT2D eigenvalue weighted by molar-refractivity contribution is -0.384. The number of aliphatic hydroxyl groups excluding tert-OH is 1. The second-order valence-electron chi connectivity index (χ2n) is 4.62. The third-order valence-corrected chi connectivity index (χ3v) is 3.76. The number of nitrogens with zero attached hydrogens (tertiary/aromatic N) is 3. The van der Waals surface area contributed by atoms with E-state index >= 15 is 0 Å². The van der Waals surface area contributed by atoms with Gasteiger partial charge in [-0.1, -0.05) is 0 Å². The fourth-order valence-electron chi connectivity index (χ4n) is 2.26. The second-order valence-corrected chi connectivity index (χ2v) is 5.47. The van der Waals surface area contributed by atoms with Crippen LogP contribution in [-0.4, -0.2) is 34.7 Å². The summed E-state index contributed by atoms with van der Waals surface area (Å²) in [7, 11) is 1.82. The minimum atomic E-state index is -0.431. The zero-order chi connectivity index (χ0) is 13.3. The molecule has 1 saturated carbocycles. The molecular formula is C11H14BrN3O3. The van der Waals surface area contributed by atoms with Gasteiger partial charge in [0, 0.05) is 19.8 Å². The Morgan fingerprint density at radius 2 is 2.28 bits per heavy atom. The maximum atomic E-state index is 11.0. The first-order valence-corrected chi connectivity index (χ1v) is 6.45. The third-order valence-electron chi connectivity index (χ3n) is 3.17. The van der Waals surface area contributed by atoms with Crippen LogP contribution < -0.4 is 4.90 Å². The normalized spacial score (nSPS) is 22.4. The lowest BCUT2D eigenvalue weighted by atomic mass is 9.82. The number of hydrogen-bond donors (Lipinski definition) is 1. The molecule has 0 spiro atoms. The summed E-state index contributed by atoms with van der Waals surface area (Å²) in [5.41, 5.74) is 0.531. The number of hydrogen-bond acceptors (Lipinski definition) is 5. The third kappa shape index (κ3) is 2.62. The molecule has 0 amide bonds. The highest BCUT2D eigenvalue weighted by Gasteiger charge is 2.30. The molecule has 1 fully saturated rings. The lowest BCUT2D eigenvalue weighted by Gasteiger charge is -2.35. The van der Waals surface area contributed by atoms with E-state index in [1.807, 2.05) is 11.9 Å². The first kappa shape index (κ1) is 13.2. The first-order valence-electron chi connectivity index (χ1n) is 5.66. The van der Waals surface area contributed by atoms with Crippen molar-refractivity contribution in [3.8, 4) is 0 Å². The van der Waals surface area contributed by atoms with Crippen LogP contribution in [0.4, 0.5) is 11.4 Å². The van der Waals surface area contributed by atoms with Gasteiger partial charge >= 0.3 is 5.69 Å². The van der Waals surface area contributed by atoms with Crippen molar-refractivity contribution in [1.82, 2.24) is 4.98 Å². The summed E-state index contributed by atoms with van der Waals surface area (Å²) in [5.74, 6) is 0.393. The number of aliphatic hydroxyl groups is 1. The molecule has 18 heavy (non-hydrogen) atoms. The van der Waals surface area contributed by atoms with E-state index in [0.717, 1.165) is 12.8 Å². The molecular weight excluding hydrogens is 302 g/mol. The molecule has 98 valence electrons. The molecule has 0 aromatic carbocycles. The molecule has 1 N–H and O–H groups in total. The Bertz CT molecular complexity index is 463. The van der Waals surface area contributed by atoms with E-state index in [2.05, 4.69) is 20.9 Å². The molecule has 1 aliphatic rings. The predicted molar refractivity (Wildman–Crippen MR) is 70.6 cm³/mol. The Labute approximate surface area is 113 Å². The van der Waals surface area contributed by atoms with E-state index in [-0.39, 0.29) is 11.8 Å². The van der Waals surface area contributed by atoms with Gasteiger partial charge in [-0.3, -0.25) is 15.1 Å². The van der Waals surface area contributed by atoms with Gasteiger partial charge < -0.3 is 10.0 Å². The Balaban J connectivity index is 2.18. The van der Waals surface area contributed by atoms with Crippen LogP contribution in [-0.2, 0) is 0 Å². The number of anilines is 1. The average molecular weight is 316 g/mol. The van der Waals surface area contributed by atoms with E-state index in [4.69, 9.17) is 0 Å². The summed E-state index contributed by atoms with van der Waals surface area (Å²) in [6.45, 7) is 0.695. The van der Waals surface area contributed by atoms with Crippen molar-refractivity contribution in [3.05, 3.63) is 27.0 Å². The number of rotatable bonds is 4. The molecule has 1 aromatic heterocycles. The molecule has 7 heteroatoms. The summed E-state index contributed by atoms with van der Waals surface area (Å²) in [6, 6.07) is 0.